The van der Waals surface area contributed by atoms with Gasteiger partial charge in [0.2, 0.25) is 5.78 Å². The number of fused-ring (bicyclic) bond motifs is 1. The van der Waals surface area contributed by atoms with E-state index in [1.54, 1.807) is 17.4 Å². The summed E-state index contributed by atoms with van der Waals surface area (Å²) < 4.78 is 16.5. The van der Waals surface area contributed by atoms with Crippen molar-refractivity contribution < 1.29 is 9.18 Å². The molecular weight excluding hydrogens is 335 g/mol. The van der Waals surface area contributed by atoms with Gasteiger partial charge in [0.05, 0.1) is 10.4 Å². The molecular formula is C13H6BrFOS2. The molecule has 2 heterocycles. The maximum Gasteiger partial charge on any atom is 0.205 e. The van der Waals surface area contributed by atoms with Crippen LogP contribution in [0.15, 0.2) is 40.2 Å². The molecule has 5 heteroatoms. The third-order valence-electron chi connectivity index (χ3n) is 2.54. The van der Waals surface area contributed by atoms with Crippen LogP contribution in [0.25, 0.3) is 9.40 Å². The molecule has 0 saturated carbocycles. The molecule has 0 radical (unpaired) electrons. The van der Waals surface area contributed by atoms with Crippen molar-refractivity contribution in [3.05, 3.63) is 56.4 Å². The fraction of sp³-hybridized carbons (Fsp3) is 0. The van der Waals surface area contributed by atoms with Crippen LogP contribution in [0.5, 0.6) is 0 Å². The molecule has 0 saturated heterocycles. The van der Waals surface area contributed by atoms with Crippen molar-refractivity contribution in [1.29, 1.82) is 0 Å². The molecule has 90 valence electrons. The van der Waals surface area contributed by atoms with E-state index in [0.29, 0.717) is 9.35 Å². The molecule has 0 amide bonds. The minimum absolute atomic E-state index is 0.110. The van der Waals surface area contributed by atoms with Crippen LogP contribution in [0.3, 0.4) is 0 Å². The molecule has 0 fully saturated rings. The summed E-state index contributed by atoms with van der Waals surface area (Å²) in [5.74, 6) is -0.748. The predicted molar refractivity (Wildman–Crippen MR) is 77.2 cm³/mol. The number of ketones is 1. The van der Waals surface area contributed by atoms with Gasteiger partial charge in [-0.15, -0.1) is 22.7 Å². The zero-order chi connectivity index (χ0) is 12.7. The fourth-order valence-electron chi connectivity index (χ4n) is 1.68. The van der Waals surface area contributed by atoms with Crippen LogP contribution in [-0.2, 0) is 0 Å². The molecule has 2 aromatic heterocycles. The summed E-state index contributed by atoms with van der Waals surface area (Å²) in [6.45, 7) is 0. The molecule has 3 aromatic rings. The van der Waals surface area contributed by atoms with Crippen molar-refractivity contribution in [2.24, 2.45) is 0 Å². The highest BCUT2D eigenvalue weighted by molar-refractivity contribution is 9.10. The standard InChI is InChI=1S/C13H6BrFOS2/c14-7-1-2-9(15)8(5-7)13(16)12-6-11-10(18-12)3-4-17-11/h1-6H. The minimum Gasteiger partial charge on any atom is -0.288 e. The number of rotatable bonds is 2. The van der Waals surface area contributed by atoms with Crippen molar-refractivity contribution in [3.8, 4) is 0 Å². The van der Waals surface area contributed by atoms with E-state index in [0.717, 1.165) is 9.40 Å². The molecule has 1 aromatic carbocycles. The Balaban J connectivity index is 2.09. The molecule has 0 bridgehead atoms. The van der Waals surface area contributed by atoms with Gasteiger partial charge in [0.1, 0.15) is 5.82 Å². The van der Waals surface area contributed by atoms with E-state index < -0.39 is 5.82 Å². The molecule has 0 aliphatic rings. The van der Waals surface area contributed by atoms with Gasteiger partial charge < -0.3 is 0 Å². The first-order valence-corrected chi connectivity index (χ1v) is 7.61. The lowest BCUT2D eigenvalue weighted by Gasteiger charge is -2.00. The number of hydrogen-bond donors (Lipinski definition) is 0. The Morgan fingerprint density at radius 1 is 1.17 bits per heavy atom. The van der Waals surface area contributed by atoms with Crippen LogP contribution in [-0.4, -0.2) is 5.78 Å². The van der Waals surface area contributed by atoms with E-state index in [1.165, 1.54) is 23.5 Å². The molecule has 1 nitrogen and oxygen atoms in total. The van der Waals surface area contributed by atoms with Gasteiger partial charge in [-0.05, 0) is 35.7 Å². The molecule has 0 N–H and O–H groups in total. The average molecular weight is 341 g/mol. The highest BCUT2D eigenvalue weighted by atomic mass is 79.9. The molecule has 0 aliphatic carbocycles. The van der Waals surface area contributed by atoms with Gasteiger partial charge in [-0.3, -0.25) is 4.79 Å². The third kappa shape index (κ3) is 2.02. The first kappa shape index (κ1) is 12.0. The molecule has 0 aliphatic heterocycles. The average Bonchev–Trinajstić information content (AvgIpc) is 2.91. The van der Waals surface area contributed by atoms with Gasteiger partial charge in [-0.1, -0.05) is 15.9 Å². The predicted octanol–water partition coefficient (Wildman–Crippen LogP) is 5.10. The quantitative estimate of drug-likeness (QED) is 0.593. The first-order valence-electron chi connectivity index (χ1n) is 5.12. The molecule has 0 atom stereocenters. The summed E-state index contributed by atoms with van der Waals surface area (Å²) in [5.41, 5.74) is 0.110. The lowest BCUT2D eigenvalue weighted by atomic mass is 10.1. The van der Waals surface area contributed by atoms with E-state index >= 15 is 0 Å². The van der Waals surface area contributed by atoms with Crippen molar-refractivity contribution >= 4 is 53.8 Å². The highest BCUT2D eigenvalue weighted by Crippen LogP contribution is 2.32. The SMILES string of the molecule is O=C(c1cc2sccc2s1)c1cc(Br)ccc1F. The number of carbonyl (C=O) groups excluding carboxylic acids is 1. The van der Waals surface area contributed by atoms with Crippen LogP contribution in [0.4, 0.5) is 4.39 Å². The van der Waals surface area contributed by atoms with Crippen LogP contribution in [0, 0.1) is 5.82 Å². The number of carbonyl (C=O) groups is 1. The Hall–Kier alpha value is -1.04. The lowest BCUT2D eigenvalue weighted by molar-refractivity contribution is 0.103. The molecule has 0 spiro atoms. The van der Waals surface area contributed by atoms with E-state index in [9.17, 15) is 9.18 Å². The zero-order valence-corrected chi connectivity index (χ0v) is 12.2. The van der Waals surface area contributed by atoms with Crippen molar-refractivity contribution in [2.75, 3.05) is 0 Å². The first-order chi connectivity index (χ1) is 8.65. The van der Waals surface area contributed by atoms with E-state index in [1.807, 2.05) is 17.5 Å². The van der Waals surface area contributed by atoms with E-state index in [4.69, 9.17) is 0 Å². The lowest BCUT2D eigenvalue weighted by Crippen LogP contribution is -2.01. The van der Waals surface area contributed by atoms with Crippen LogP contribution in [0.1, 0.15) is 15.2 Å². The second kappa shape index (κ2) is 4.57. The Morgan fingerprint density at radius 2 is 2.00 bits per heavy atom. The van der Waals surface area contributed by atoms with E-state index in [2.05, 4.69) is 15.9 Å². The van der Waals surface area contributed by atoms with Gasteiger partial charge in [-0.25, -0.2) is 4.39 Å². The monoisotopic (exact) mass is 340 g/mol. The van der Waals surface area contributed by atoms with E-state index in [-0.39, 0.29) is 11.3 Å². The smallest absolute Gasteiger partial charge is 0.205 e. The Morgan fingerprint density at radius 3 is 2.78 bits per heavy atom. The summed E-state index contributed by atoms with van der Waals surface area (Å²) in [4.78, 5) is 12.8. The minimum atomic E-state index is -0.486. The molecule has 18 heavy (non-hydrogen) atoms. The van der Waals surface area contributed by atoms with Gasteiger partial charge in [0, 0.05) is 13.9 Å². The summed E-state index contributed by atoms with van der Waals surface area (Å²) in [6, 6.07) is 8.20. The number of thiophene rings is 2. The second-order valence-electron chi connectivity index (χ2n) is 3.71. The van der Waals surface area contributed by atoms with Crippen molar-refractivity contribution in [1.82, 2.24) is 0 Å². The largest absolute Gasteiger partial charge is 0.288 e. The van der Waals surface area contributed by atoms with Crippen LogP contribution >= 0.6 is 38.6 Å². The summed E-state index contributed by atoms with van der Waals surface area (Å²) >= 11 is 6.23. The normalized spacial score (nSPS) is 11.0. The van der Waals surface area contributed by atoms with Gasteiger partial charge in [0.25, 0.3) is 0 Å². The van der Waals surface area contributed by atoms with Crippen molar-refractivity contribution in [3.63, 3.8) is 0 Å². The summed E-state index contributed by atoms with van der Waals surface area (Å²) in [6.07, 6.45) is 0. The molecule has 0 unspecified atom stereocenters. The maximum atomic E-state index is 13.7. The Kier molecular flexibility index (Phi) is 3.05. The Bertz CT molecular complexity index is 716. The van der Waals surface area contributed by atoms with Crippen LogP contribution in [0.2, 0.25) is 0 Å². The second-order valence-corrected chi connectivity index (χ2v) is 6.66. The number of halogens is 2. The summed E-state index contributed by atoms with van der Waals surface area (Å²) in [5, 5.41) is 1.98. The summed E-state index contributed by atoms with van der Waals surface area (Å²) in [7, 11) is 0. The zero-order valence-electron chi connectivity index (χ0n) is 8.94. The van der Waals surface area contributed by atoms with Gasteiger partial charge in [0.15, 0.2) is 0 Å². The third-order valence-corrected chi connectivity index (χ3v) is 5.12. The Labute approximate surface area is 119 Å². The fourth-order valence-corrected chi connectivity index (χ4v) is 4.11. The maximum absolute atomic E-state index is 13.7. The number of hydrogen-bond acceptors (Lipinski definition) is 3. The highest BCUT2D eigenvalue weighted by Gasteiger charge is 2.17. The van der Waals surface area contributed by atoms with Gasteiger partial charge in [-0.2, -0.15) is 0 Å². The number of benzene rings is 1. The van der Waals surface area contributed by atoms with Crippen LogP contribution < -0.4 is 0 Å². The topological polar surface area (TPSA) is 17.1 Å². The van der Waals surface area contributed by atoms with Crippen molar-refractivity contribution in [2.45, 2.75) is 0 Å². The molecule has 3 rings (SSSR count). The van der Waals surface area contributed by atoms with Gasteiger partial charge >= 0.3 is 0 Å².